The van der Waals surface area contributed by atoms with Crippen LogP contribution in [0.3, 0.4) is 0 Å². The molecule has 0 aromatic heterocycles. The molecule has 0 saturated heterocycles. The normalized spacial score (nSPS) is 8.00. The first kappa shape index (κ1) is 8.21. The molecule has 0 saturated carbocycles. The fraction of sp³-hybridized carbons (Fsp3) is 0. The lowest BCUT2D eigenvalue weighted by molar-refractivity contribution is -0.142. The minimum Gasteiger partial charge on any atom is -0.361 e. The third-order valence-corrected chi connectivity index (χ3v) is 0.468. The molecule has 3 amide bonds. The average molecular weight is 147 g/mol. The van der Waals surface area contributed by atoms with E-state index in [2.05, 4.69) is 16.3 Å². The van der Waals surface area contributed by atoms with Crippen LogP contribution in [0.15, 0.2) is 0 Å². The summed E-state index contributed by atoms with van der Waals surface area (Å²) in [6, 6.07) is 0. The van der Waals surface area contributed by atoms with Gasteiger partial charge in [-0.05, 0) is 0 Å². The molecule has 7 nitrogen and oxygen atoms in total. The first-order valence-corrected chi connectivity index (χ1v) is 2.10. The van der Waals surface area contributed by atoms with Crippen LogP contribution < -0.4 is 16.9 Å². The van der Waals surface area contributed by atoms with Crippen LogP contribution in [0.4, 0.5) is 4.79 Å². The monoisotopic (exact) mass is 147 g/mol. The Morgan fingerprint density at radius 2 is 1.70 bits per heavy atom. The molecule has 7 heteroatoms. The quantitative estimate of drug-likeness (QED) is 0.261. The Bertz CT molecular complexity index is 177. The van der Waals surface area contributed by atoms with Crippen molar-refractivity contribution in [3.05, 3.63) is 0 Å². The van der Waals surface area contributed by atoms with Gasteiger partial charge in [-0.3, -0.25) is 9.59 Å². The van der Waals surface area contributed by atoms with E-state index >= 15 is 0 Å². The zero-order valence-corrected chi connectivity index (χ0v) is 4.79. The summed E-state index contributed by atoms with van der Waals surface area (Å²) in [5.74, 6) is -2.50. The van der Waals surface area contributed by atoms with Crippen LogP contribution in [-0.4, -0.2) is 17.9 Å². The van der Waals surface area contributed by atoms with Crippen LogP contribution in [0.2, 0.25) is 0 Å². The molecule has 0 rings (SSSR count). The van der Waals surface area contributed by atoms with Crippen LogP contribution in [0.25, 0.3) is 0 Å². The van der Waals surface area contributed by atoms with Crippen molar-refractivity contribution in [1.29, 1.82) is 0 Å². The SMILES string of the molecule is NC(=O)ONC(=O)C(N)=O. The molecule has 0 atom stereocenters. The fourth-order valence-electron chi connectivity index (χ4n) is 0.147. The lowest BCUT2D eigenvalue weighted by atomic mass is 10.6. The van der Waals surface area contributed by atoms with Gasteiger partial charge in [0.2, 0.25) is 0 Å². The molecular formula is C3H5N3O4. The third kappa shape index (κ3) is 3.24. The van der Waals surface area contributed by atoms with E-state index in [1.165, 1.54) is 5.48 Å². The minimum atomic E-state index is -1.26. The van der Waals surface area contributed by atoms with Crippen LogP contribution >= 0.6 is 0 Å². The Morgan fingerprint density at radius 1 is 1.20 bits per heavy atom. The maximum absolute atomic E-state index is 10.1. The summed E-state index contributed by atoms with van der Waals surface area (Å²) in [6.45, 7) is 0. The molecule has 0 spiro atoms. The number of carbonyl (C=O) groups is 3. The number of carbonyl (C=O) groups excluding carboxylic acids is 3. The standard InChI is InChI=1S/C3H5N3O4/c4-1(7)2(8)6-10-3(5)9/h(H2,4,7)(H2,5,9)(H,6,8). The Balaban J connectivity index is 3.60. The lowest BCUT2D eigenvalue weighted by Gasteiger charge is -1.97. The fourth-order valence-corrected chi connectivity index (χ4v) is 0.147. The number of amides is 3. The topological polar surface area (TPSA) is 125 Å². The summed E-state index contributed by atoms with van der Waals surface area (Å²) in [7, 11) is 0. The summed E-state index contributed by atoms with van der Waals surface area (Å²) in [5, 5.41) is 0. The summed E-state index contributed by atoms with van der Waals surface area (Å²) in [6.07, 6.45) is -1.23. The molecular weight excluding hydrogens is 142 g/mol. The van der Waals surface area contributed by atoms with E-state index in [-0.39, 0.29) is 0 Å². The minimum absolute atomic E-state index is 1.23. The summed E-state index contributed by atoms with van der Waals surface area (Å²) >= 11 is 0. The number of primary amides is 2. The van der Waals surface area contributed by atoms with E-state index in [1.54, 1.807) is 0 Å². The van der Waals surface area contributed by atoms with Crippen molar-refractivity contribution in [2.75, 3.05) is 0 Å². The average Bonchev–Trinajstić information content (AvgIpc) is 1.82. The van der Waals surface area contributed by atoms with E-state index in [0.717, 1.165) is 0 Å². The predicted molar refractivity (Wildman–Crippen MR) is 28.0 cm³/mol. The van der Waals surface area contributed by atoms with Gasteiger partial charge in [-0.15, -0.1) is 0 Å². The van der Waals surface area contributed by atoms with Crippen LogP contribution in [0, 0.1) is 0 Å². The van der Waals surface area contributed by atoms with Crippen molar-refractivity contribution < 1.29 is 19.2 Å². The number of hydrogen-bond donors (Lipinski definition) is 3. The Labute approximate surface area is 55.3 Å². The molecule has 56 valence electrons. The third-order valence-electron chi connectivity index (χ3n) is 0.468. The second kappa shape index (κ2) is 3.28. The van der Waals surface area contributed by atoms with Gasteiger partial charge in [-0.2, -0.15) is 5.48 Å². The van der Waals surface area contributed by atoms with E-state index in [1.807, 2.05) is 0 Å². The van der Waals surface area contributed by atoms with Gasteiger partial charge in [0.05, 0.1) is 0 Å². The molecule has 0 aromatic rings. The molecule has 0 aliphatic heterocycles. The smallest absolute Gasteiger partial charge is 0.361 e. The highest BCUT2D eigenvalue weighted by Crippen LogP contribution is 1.66. The summed E-state index contributed by atoms with van der Waals surface area (Å²) < 4.78 is 0. The van der Waals surface area contributed by atoms with Crippen molar-refractivity contribution in [1.82, 2.24) is 5.48 Å². The molecule has 0 fully saturated rings. The van der Waals surface area contributed by atoms with Crippen molar-refractivity contribution in [3.8, 4) is 0 Å². The first-order valence-electron chi connectivity index (χ1n) is 2.10. The van der Waals surface area contributed by atoms with E-state index in [0.29, 0.717) is 0 Å². The lowest BCUT2D eigenvalue weighted by Crippen LogP contribution is -2.38. The maximum Gasteiger partial charge on any atom is 0.428 e. The molecule has 0 heterocycles. The van der Waals surface area contributed by atoms with Crippen molar-refractivity contribution in [2.45, 2.75) is 0 Å². The number of rotatable bonds is 0. The van der Waals surface area contributed by atoms with E-state index in [4.69, 9.17) is 0 Å². The number of nitrogens with two attached hydrogens (primary N) is 2. The zero-order chi connectivity index (χ0) is 8.15. The van der Waals surface area contributed by atoms with Gasteiger partial charge in [0.25, 0.3) is 0 Å². The van der Waals surface area contributed by atoms with E-state index < -0.39 is 17.9 Å². The van der Waals surface area contributed by atoms with Crippen LogP contribution in [-0.2, 0) is 14.4 Å². The van der Waals surface area contributed by atoms with Crippen molar-refractivity contribution >= 4 is 17.9 Å². The van der Waals surface area contributed by atoms with Gasteiger partial charge >= 0.3 is 17.9 Å². The molecule has 0 bridgehead atoms. The Morgan fingerprint density at radius 3 is 2.00 bits per heavy atom. The predicted octanol–water partition coefficient (Wildman–Crippen LogP) is -2.40. The molecule has 0 unspecified atom stereocenters. The Kier molecular flexibility index (Phi) is 2.69. The first-order chi connectivity index (χ1) is 4.54. The van der Waals surface area contributed by atoms with Gasteiger partial charge in [0.15, 0.2) is 0 Å². The highest BCUT2D eigenvalue weighted by atomic mass is 16.7. The van der Waals surface area contributed by atoms with Gasteiger partial charge in [0, 0.05) is 0 Å². The largest absolute Gasteiger partial charge is 0.428 e. The number of nitrogens with one attached hydrogen (secondary N) is 1. The Hall–Kier alpha value is -1.79. The number of hydroxylamine groups is 1. The second-order valence-corrected chi connectivity index (χ2v) is 1.22. The highest BCUT2D eigenvalue weighted by Gasteiger charge is 2.08. The van der Waals surface area contributed by atoms with Crippen LogP contribution in [0.5, 0.6) is 0 Å². The molecule has 0 aliphatic carbocycles. The molecule has 0 aromatic carbocycles. The molecule has 0 radical (unpaired) electrons. The van der Waals surface area contributed by atoms with Gasteiger partial charge < -0.3 is 16.3 Å². The highest BCUT2D eigenvalue weighted by molar-refractivity contribution is 6.34. The molecule has 10 heavy (non-hydrogen) atoms. The molecule has 5 N–H and O–H groups in total. The van der Waals surface area contributed by atoms with E-state index in [9.17, 15) is 14.4 Å². The van der Waals surface area contributed by atoms with Gasteiger partial charge in [0.1, 0.15) is 0 Å². The summed E-state index contributed by atoms with van der Waals surface area (Å²) in [4.78, 5) is 33.5. The van der Waals surface area contributed by atoms with Gasteiger partial charge in [-0.1, -0.05) is 0 Å². The van der Waals surface area contributed by atoms with Crippen molar-refractivity contribution in [2.24, 2.45) is 11.5 Å². The van der Waals surface area contributed by atoms with Crippen molar-refractivity contribution in [3.63, 3.8) is 0 Å². The summed E-state index contributed by atoms with van der Waals surface area (Å²) in [5.41, 5.74) is 10.2. The van der Waals surface area contributed by atoms with Gasteiger partial charge in [-0.25, -0.2) is 4.79 Å². The second-order valence-electron chi connectivity index (χ2n) is 1.22. The van der Waals surface area contributed by atoms with Crippen LogP contribution in [0.1, 0.15) is 0 Å². The molecule has 0 aliphatic rings. The zero-order valence-electron chi connectivity index (χ0n) is 4.79. The number of hydrogen-bond acceptors (Lipinski definition) is 4. The maximum atomic E-state index is 10.1.